The van der Waals surface area contributed by atoms with Crippen LogP contribution in [0, 0.1) is 0 Å². The van der Waals surface area contributed by atoms with Gasteiger partial charge >= 0.3 is 12.3 Å². The van der Waals surface area contributed by atoms with E-state index in [9.17, 15) is 22.8 Å². The molecule has 0 fully saturated rings. The van der Waals surface area contributed by atoms with Crippen LogP contribution in [0.5, 0.6) is 0 Å². The molecule has 1 aromatic carbocycles. The summed E-state index contributed by atoms with van der Waals surface area (Å²) in [6, 6.07) is 5.72. The van der Waals surface area contributed by atoms with Crippen LogP contribution in [0.2, 0.25) is 0 Å². The highest BCUT2D eigenvalue weighted by Gasteiger charge is 2.37. The highest BCUT2D eigenvalue weighted by Crippen LogP contribution is 2.36. The molecule has 2 N–H and O–H groups in total. The Morgan fingerprint density at radius 3 is 2.52 bits per heavy atom. The van der Waals surface area contributed by atoms with E-state index in [2.05, 4.69) is 4.98 Å². The van der Waals surface area contributed by atoms with Crippen molar-refractivity contribution in [3.8, 4) is 0 Å². The Bertz CT molecular complexity index is 821. The number of alkyl halides is 3. The Kier molecular flexibility index (Phi) is 4.07. The third kappa shape index (κ3) is 3.25. The fourth-order valence-electron chi connectivity index (χ4n) is 2.64. The molecule has 0 saturated carbocycles. The Morgan fingerprint density at radius 2 is 1.92 bits per heavy atom. The summed E-state index contributed by atoms with van der Waals surface area (Å²) in [7, 11) is 0. The van der Waals surface area contributed by atoms with Gasteiger partial charge in [0, 0.05) is 18.3 Å². The minimum absolute atomic E-state index is 0.108. The number of hydrogen-bond acceptors (Lipinski definition) is 4. The number of nitrogens with two attached hydrogens (primary N) is 1. The monoisotopic (exact) mass is 351 g/mol. The van der Waals surface area contributed by atoms with Gasteiger partial charge in [0.05, 0.1) is 17.4 Å². The largest absolute Gasteiger partial charge is 0.436 e. The summed E-state index contributed by atoms with van der Waals surface area (Å²) in [6.45, 7) is 0. The number of halogens is 3. The van der Waals surface area contributed by atoms with Crippen LogP contribution >= 0.6 is 0 Å². The minimum Gasteiger partial charge on any atom is -0.436 e. The van der Waals surface area contributed by atoms with Gasteiger partial charge in [0.25, 0.3) is 5.91 Å². The predicted molar refractivity (Wildman–Crippen MR) is 81.0 cm³/mol. The number of aromatic nitrogens is 1. The molecule has 0 spiro atoms. The number of benzene rings is 1. The average molecular weight is 351 g/mol. The van der Waals surface area contributed by atoms with Crippen molar-refractivity contribution in [2.45, 2.75) is 18.7 Å². The Hall–Kier alpha value is -3.10. The first-order valence-corrected chi connectivity index (χ1v) is 7.17. The Labute approximate surface area is 140 Å². The standard InChI is InChI=1S/C16H12F3N3O3/c17-16(18,19)10-1-3-11(4-2-10)22-12-8-21-6-5-9(12)7-13(14(22)23)25-15(20)24/h1-6,8,13H,7H2,(H2,20,24). The lowest BCUT2D eigenvalue weighted by atomic mass is 9.99. The van der Waals surface area contributed by atoms with Crippen molar-refractivity contribution >= 4 is 23.4 Å². The van der Waals surface area contributed by atoms with Gasteiger partial charge in [-0.1, -0.05) is 0 Å². The molecule has 25 heavy (non-hydrogen) atoms. The highest BCUT2D eigenvalue weighted by molar-refractivity contribution is 6.06. The average Bonchev–Trinajstić information content (AvgIpc) is 2.54. The number of carbonyl (C=O) groups is 2. The van der Waals surface area contributed by atoms with Crippen LogP contribution in [-0.2, 0) is 22.1 Å². The SMILES string of the molecule is NC(=O)OC1Cc2ccncc2N(c2ccc(C(F)(F)F)cc2)C1=O. The topological polar surface area (TPSA) is 85.5 Å². The number of ether oxygens (including phenoxy) is 1. The number of anilines is 2. The van der Waals surface area contributed by atoms with Crippen molar-refractivity contribution in [3.05, 3.63) is 53.9 Å². The second kappa shape index (κ2) is 6.08. The second-order valence-corrected chi connectivity index (χ2v) is 5.35. The third-order valence-electron chi connectivity index (χ3n) is 3.74. The zero-order valence-corrected chi connectivity index (χ0v) is 12.7. The summed E-state index contributed by atoms with van der Waals surface area (Å²) in [6.07, 6.45) is -3.72. The molecule has 1 aliphatic rings. The molecule has 0 aliphatic carbocycles. The summed E-state index contributed by atoms with van der Waals surface area (Å²) in [5.74, 6) is -0.612. The van der Waals surface area contributed by atoms with Gasteiger partial charge in [-0.15, -0.1) is 0 Å². The smallest absolute Gasteiger partial charge is 0.416 e. The predicted octanol–water partition coefficient (Wildman–Crippen LogP) is 2.79. The van der Waals surface area contributed by atoms with Gasteiger partial charge in [-0.05, 0) is 35.9 Å². The van der Waals surface area contributed by atoms with E-state index in [0.29, 0.717) is 11.3 Å². The van der Waals surface area contributed by atoms with Gasteiger partial charge in [0.2, 0.25) is 0 Å². The lowest BCUT2D eigenvalue weighted by molar-refractivity contribution is -0.137. The second-order valence-electron chi connectivity index (χ2n) is 5.35. The first-order chi connectivity index (χ1) is 11.8. The number of nitrogens with zero attached hydrogens (tertiary/aromatic N) is 2. The van der Waals surface area contributed by atoms with Gasteiger partial charge in [-0.25, -0.2) is 4.79 Å². The molecule has 0 radical (unpaired) electrons. The quantitative estimate of drug-likeness (QED) is 0.901. The van der Waals surface area contributed by atoms with Crippen molar-refractivity contribution < 1.29 is 27.5 Å². The fourth-order valence-corrected chi connectivity index (χ4v) is 2.64. The maximum Gasteiger partial charge on any atom is 0.416 e. The number of pyridine rings is 1. The van der Waals surface area contributed by atoms with E-state index in [1.165, 1.54) is 29.4 Å². The zero-order valence-electron chi connectivity index (χ0n) is 12.7. The van der Waals surface area contributed by atoms with Crippen LogP contribution < -0.4 is 10.6 Å². The Morgan fingerprint density at radius 1 is 1.24 bits per heavy atom. The molecule has 0 saturated heterocycles. The molecular formula is C16H12F3N3O3. The van der Waals surface area contributed by atoms with Crippen molar-refractivity contribution in [1.29, 1.82) is 0 Å². The van der Waals surface area contributed by atoms with Crippen LogP contribution in [0.25, 0.3) is 0 Å². The first-order valence-electron chi connectivity index (χ1n) is 7.17. The molecule has 1 aromatic heterocycles. The number of primary amides is 1. The van der Waals surface area contributed by atoms with E-state index in [0.717, 1.165) is 12.1 Å². The molecule has 2 aromatic rings. The summed E-state index contributed by atoms with van der Waals surface area (Å²) in [4.78, 5) is 28.8. The van der Waals surface area contributed by atoms with E-state index < -0.39 is 29.8 Å². The maximum absolute atomic E-state index is 12.7. The van der Waals surface area contributed by atoms with Crippen molar-refractivity contribution in [3.63, 3.8) is 0 Å². The van der Waals surface area contributed by atoms with Gasteiger partial charge in [0.15, 0.2) is 6.10 Å². The van der Waals surface area contributed by atoms with Crippen LogP contribution in [0.1, 0.15) is 11.1 Å². The number of amides is 2. The lowest BCUT2D eigenvalue weighted by Crippen LogP contribution is -2.45. The van der Waals surface area contributed by atoms with E-state index in [1.54, 1.807) is 6.07 Å². The number of fused-ring (bicyclic) bond motifs is 1. The molecule has 1 atom stereocenters. The van der Waals surface area contributed by atoms with Gasteiger partial charge in [-0.3, -0.25) is 14.7 Å². The summed E-state index contributed by atoms with van der Waals surface area (Å²) in [5, 5.41) is 0. The van der Waals surface area contributed by atoms with E-state index in [-0.39, 0.29) is 12.1 Å². The summed E-state index contributed by atoms with van der Waals surface area (Å²) < 4.78 is 43.0. The zero-order chi connectivity index (χ0) is 18.2. The Balaban J connectivity index is 2.03. The van der Waals surface area contributed by atoms with Gasteiger partial charge in [0.1, 0.15) is 0 Å². The number of rotatable bonds is 2. The van der Waals surface area contributed by atoms with Crippen molar-refractivity contribution in [1.82, 2.24) is 4.98 Å². The van der Waals surface area contributed by atoms with E-state index in [4.69, 9.17) is 10.5 Å². The molecular weight excluding hydrogens is 339 g/mol. The normalized spacial score (nSPS) is 17.2. The molecule has 130 valence electrons. The van der Waals surface area contributed by atoms with Crippen LogP contribution in [-0.4, -0.2) is 23.1 Å². The first kappa shape index (κ1) is 16.7. The summed E-state index contributed by atoms with van der Waals surface area (Å²) >= 11 is 0. The minimum atomic E-state index is -4.48. The van der Waals surface area contributed by atoms with Gasteiger partial charge in [-0.2, -0.15) is 13.2 Å². The van der Waals surface area contributed by atoms with Crippen molar-refractivity contribution in [2.24, 2.45) is 5.73 Å². The third-order valence-corrected chi connectivity index (χ3v) is 3.74. The molecule has 1 aliphatic heterocycles. The van der Waals surface area contributed by atoms with Crippen molar-refractivity contribution in [2.75, 3.05) is 4.90 Å². The number of carbonyl (C=O) groups excluding carboxylic acids is 2. The molecule has 3 rings (SSSR count). The highest BCUT2D eigenvalue weighted by atomic mass is 19.4. The fraction of sp³-hybridized carbons (Fsp3) is 0.188. The van der Waals surface area contributed by atoms with Crippen LogP contribution in [0.4, 0.5) is 29.3 Å². The molecule has 6 nitrogen and oxygen atoms in total. The molecule has 9 heteroatoms. The lowest BCUT2D eigenvalue weighted by Gasteiger charge is -2.33. The van der Waals surface area contributed by atoms with Crippen LogP contribution in [0.15, 0.2) is 42.7 Å². The van der Waals surface area contributed by atoms with E-state index in [1.807, 2.05) is 0 Å². The molecule has 1 unspecified atom stereocenters. The molecule has 2 heterocycles. The molecule has 2 amide bonds. The summed E-state index contributed by atoms with van der Waals surface area (Å²) in [5.41, 5.74) is 5.42. The maximum atomic E-state index is 12.7. The van der Waals surface area contributed by atoms with E-state index >= 15 is 0 Å². The van der Waals surface area contributed by atoms with Crippen LogP contribution in [0.3, 0.4) is 0 Å². The van der Waals surface area contributed by atoms with Gasteiger partial charge < -0.3 is 10.5 Å². The molecule has 0 bridgehead atoms. The number of hydrogen-bond donors (Lipinski definition) is 1.